The van der Waals surface area contributed by atoms with E-state index in [1.807, 2.05) is 229 Å². The number of benzene rings is 10. The quantitative estimate of drug-likeness (QED) is 0.113. The third kappa shape index (κ3) is 10.0. The van der Waals surface area contributed by atoms with E-state index in [0.29, 0.717) is 17.5 Å². The number of para-hydroxylation sites is 6. The molecule has 0 fully saturated rings. The van der Waals surface area contributed by atoms with Crippen LogP contribution in [0.1, 0.15) is 0 Å². The molecule has 12 heteroatoms. The monoisotopic (exact) mass is 1010 g/mol. The van der Waals surface area contributed by atoms with Crippen LogP contribution < -0.4 is 28.1 Å². The van der Waals surface area contributed by atoms with E-state index in [1.54, 1.807) is 0 Å². The van der Waals surface area contributed by atoms with Crippen LogP contribution in [0.3, 0.4) is 0 Å². The summed E-state index contributed by atoms with van der Waals surface area (Å²) in [4.78, 5) is 0. The summed E-state index contributed by atoms with van der Waals surface area (Å²) in [5, 5.41) is 30.1. The van der Waals surface area contributed by atoms with Crippen molar-refractivity contribution in [3.63, 3.8) is 0 Å². The van der Waals surface area contributed by atoms with Gasteiger partial charge in [-0.3, -0.25) is 0 Å². The minimum atomic E-state index is 0.586. The lowest BCUT2D eigenvalue weighted by atomic mass is 9.92. The Labute approximate surface area is 450 Å². The van der Waals surface area contributed by atoms with Gasteiger partial charge in [-0.15, -0.1) is 0 Å². The fourth-order valence-corrected chi connectivity index (χ4v) is 9.28. The molecule has 3 aromatic heterocycles. The van der Waals surface area contributed by atoms with Gasteiger partial charge in [-0.2, -0.15) is 0 Å². The molecule has 0 aliphatic carbocycles. The first-order valence-corrected chi connectivity index (χ1v) is 25.6. The molecule has 13 rings (SSSR count). The Morgan fingerprint density at radius 2 is 0.333 bits per heavy atom. The van der Waals surface area contributed by atoms with Crippen LogP contribution in [0.25, 0.3) is 102 Å². The normalized spacial score (nSPS) is 11.1. The minimum absolute atomic E-state index is 0.586. The summed E-state index contributed by atoms with van der Waals surface area (Å²) in [6, 6.07) is 92.8. The van der Waals surface area contributed by atoms with Crippen molar-refractivity contribution in [1.82, 2.24) is 30.6 Å². The van der Waals surface area contributed by atoms with Crippen molar-refractivity contribution in [1.29, 1.82) is 0 Å². The van der Waals surface area contributed by atoms with E-state index >= 15 is 0 Å². The summed E-state index contributed by atoms with van der Waals surface area (Å²) in [5.74, 6) is 1.76. The van der Waals surface area contributed by atoms with E-state index in [0.717, 1.165) is 84.2 Å². The topological polar surface area (TPSA) is 101 Å². The number of hydrogen-bond donors (Lipinski definition) is 0. The zero-order valence-electron chi connectivity index (χ0n) is 42.1. The third-order valence-corrected chi connectivity index (χ3v) is 13.4. The van der Waals surface area contributed by atoms with Crippen molar-refractivity contribution in [2.75, 3.05) is 0 Å². The zero-order valence-corrected chi connectivity index (χ0v) is 42.1. The molecule has 78 heavy (non-hydrogen) atoms. The first kappa shape index (κ1) is 46.8. The van der Waals surface area contributed by atoms with Gasteiger partial charge < -0.3 is 0 Å². The largest absolute Gasteiger partial charge is 0.469 e. The highest BCUT2D eigenvalue weighted by Gasteiger charge is 2.27. The maximum absolute atomic E-state index is 5.01. The summed E-state index contributed by atoms with van der Waals surface area (Å²) in [7, 11) is 0. The van der Waals surface area contributed by atoms with Crippen LogP contribution in [0.5, 0.6) is 0 Å². The van der Waals surface area contributed by atoms with E-state index < -0.39 is 0 Å². The molecular formula is C66H48N12+6. The molecule has 3 heterocycles. The maximum Gasteiger partial charge on any atom is 0.469 e. The van der Waals surface area contributed by atoms with E-state index in [1.165, 1.54) is 0 Å². The lowest BCUT2D eigenvalue weighted by molar-refractivity contribution is -0.797. The van der Waals surface area contributed by atoms with Crippen LogP contribution in [0.2, 0.25) is 0 Å². The Morgan fingerprint density at radius 3 is 0.513 bits per heavy atom. The van der Waals surface area contributed by atoms with Crippen molar-refractivity contribution in [2.45, 2.75) is 0 Å². The summed E-state index contributed by atoms with van der Waals surface area (Å²) < 4.78 is 11.2. The van der Waals surface area contributed by atoms with Gasteiger partial charge in [0, 0.05) is 148 Å². The van der Waals surface area contributed by atoms with Crippen molar-refractivity contribution in [3.05, 3.63) is 292 Å². The first-order chi connectivity index (χ1) is 38.6. The zero-order chi connectivity index (χ0) is 52.0. The smallest absolute Gasteiger partial charge is 0.0618 e. The second-order valence-corrected chi connectivity index (χ2v) is 18.5. The highest BCUT2D eigenvalue weighted by Crippen LogP contribution is 2.35. The molecule has 0 N–H and O–H groups in total. The Hall–Kier alpha value is -11.0. The third-order valence-electron chi connectivity index (χ3n) is 13.4. The number of aromatic nitrogens is 12. The van der Waals surface area contributed by atoms with Crippen LogP contribution in [0.4, 0.5) is 0 Å². The van der Waals surface area contributed by atoms with Gasteiger partial charge in [0.2, 0.25) is 34.1 Å². The number of nitrogens with zero attached hydrogens (tertiary/aromatic N) is 12. The predicted molar refractivity (Wildman–Crippen MR) is 295 cm³/mol. The number of rotatable bonds is 12. The molecule has 0 bridgehead atoms. The summed E-state index contributed by atoms with van der Waals surface area (Å²) in [6.45, 7) is 0. The molecule has 10 aromatic carbocycles. The molecule has 0 unspecified atom stereocenters. The molecule has 13 aromatic rings. The van der Waals surface area contributed by atoms with Gasteiger partial charge >= 0.3 is 19.0 Å². The average molecular weight is 1010 g/mol. The van der Waals surface area contributed by atoms with Crippen molar-refractivity contribution < 1.29 is 28.1 Å². The lowest BCUT2D eigenvalue weighted by Crippen LogP contribution is -2.49. The highest BCUT2D eigenvalue weighted by atomic mass is 15.4. The van der Waals surface area contributed by atoms with Gasteiger partial charge in [0.05, 0.1) is 0 Å². The second-order valence-electron chi connectivity index (χ2n) is 18.5. The molecule has 0 radical (unpaired) electrons. The van der Waals surface area contributed by atoms with E-state index in [4.69, 9.17) is 30.6 Å². The first-order valence-electron chi connectivity index (χ1n) is 25.6. The van der Waals surface area contributed by atoms with Crippen LogP contribution in [0, 0.1) is 0 Å². The van der Waals surface area contributed by atoms with Crippen molar-refractivity contribution >= 4 is 0 Å². The average Bonchev–Trinajstić information content (AvgIpc) is 3.55. The molecule has 366 valence electrons. The van der Waals surface area contributed by atoms with Crippen molar-refractivity contribution in [2.24, 2.45) is 0 Å². The van der Waals surface area contributed by atoms with Crippen LogP contribution in [-0.2, 0) is 0 Å². The summed E-state index contributed by atoms with van der Waals surface area (Å²) in [5.41, 5.74) is 14.5. The minimum Gasteiger partial charge on any atom is -0.0618 e. The molecule has 0 spiro atoms. The molecule has 0 saturated heterocycles. The SMILES string of the molecule is c1ccc(-[n+]2c[n+](-c3ccccc3)nc(-c3ccc(-c4cc(-c5ccc(-c6n[n+](-c7ccccc7)c[n+](-c7ccccc7)n6)cc5)cc(-c5ccc(-c6n[n+](-c7ccccc7)c[n+](-c7ccccc7)n6)cc5)c4)cc3)n2)cc1. The molecule has 12 nitrogen and oxygen atoms in total. The van der Waals surface area contributed by atoms with Crippen LogP contribution in [-0.4, -0.2) is 30.6 Å². The van der Waals surface area contributed by atoms with Gasteiger partial charge in [0.1, 0.15) is 0 Å². The predicted octanol–water partition coefficient (Wildman–Crippen LogP) is 9.72. The van der Waals surface area contributed by atoms with Crippen molar-refractivity contribution in [3.8, 4) is 102 Å². The van der Waals surface area contributed by atoms with E-state index in [9.17, 15) is 0 Å². The Bertz CT molecular complexity index is 3570. The second kappa shape index (κ2) is 21.1. The molecule has 0 amide bonds. The van der Waals surface area contributed by atoms with Gasteiger partial charge in [0.25, 0.3) is 17.5 Å². The van der Waals surface area contributed by atoms with Gasteiger partial charge in [-0.05, 0) is 51.6 Å². The molecule has 0 aliphatic heterocycles. The lowest BCUT2D eigenvalue weighted by Gasteiger charge is -2.12. The van der Waals surface area contributed by atoms with Gasteiger partial charge in [-0.25, -0.2) is 0 Å². The van der Waals surface area contributed by atoms with Crippen LogP contribution >= 0.6 is 0 Å². The standard InChI is InChI=1S/C66H48N12/c1-7-19-58(20-8-1)73-46-74(59-21-9-2-10-22-59)68-64(67-73)52-37-31-49(32-38-52)55-43-56(50-33-39-53(40-34-50)65-69-75(60-23-11-3-12-24-60)47-76(70-65)61-25-13-4-14-26-61)45-57(44-55)51-35-41-54(42-36-51)66-71-77(62-27-15-5-16-28-62)48-78(72-66)63-29-17-6-18-30-63/h1-48H/q+6. The van der Waals surface area contributed by atoms with E-state index in [-0.39, 0.29) is 0 Å². The fourth-order valence-electron chi connectivity index (χ4n) is 9.28. The Morgan fingerprint density at radius 1 is 0.167 bits per heavy atom. The fraction of sp³-hybridized carbons (Fsp3) is 0. The van der Waals surface area contributed by atoms with Gasteiger partial charge in [-0.1, -0.05) is 182 Å². The molecule has 0 saturated carbocycles. The highest BCUT2D eigenvalue weighted by molar-refractivity contribution is 5.82. The summed E-state index contributed by atoms with van der Waals surface area (Å²) in [6.07, 6.45) is 5.70. The molecular weight excluding hydrogens is 961 g/mol. The van der Waals surface area contributed by atoms with Gasteiger partial charge in [0.15, 0.2) is 0 Å². The molecule has 0 atom stereocenters. The number of hydrogen-bond acceptors (Lipinski definition) is 6. The summed E-state index contributed by atoms with van der Waals surface area (Å²) >= 11 is 0. The van der Waals surface area contributed by atoms with Crippen LogP contribution in [0.15, 0.2) is 292 Å². The van der Waals surface area contributed by atoms with E-state index in [2.05, 4.69) is 91.0 Å². The molecule has 0 aliphatic rings. The maximum atomic E-state index is 5.01. The Balaban J connectivity index is 0.892. The Kier molecular flexibility index (Phi) is 12.7.